The van der Waals surface area contributed by atoms with E-state index < -0.39 is 0 Å². The van der Waals surface area contributed by atoms with Gasteiger partial charge in [-0.25, -0.2) is 9.07 Å². The molecule has 1 aliphatic rings. The number of rotatable bonds is 4. The van der Waals surface area contributed by atoms with Gasteiger partial charge in [0.1, 0.15) is 5.82 Å². The fourth-order valence-electron chi connectivity index (χ4n) is 3.94. The Balaban J connectivity index is 1.40. The number of hydrogen-bond donors (Lipinski definition) is 0. The van der Waals surface area contributed by atoms with E-state index in [1.165, 1.54) is 17.7 Å². The predicted molar refractivity (Wildman–Crippen MR) is 121 cm³/mol. The van der Waals surface area contributed by atoms with Crippen LogP contribution in [-0.4, -0.2) is 57.6 Å². The van der Waals surface area contributed by atoms with Crippen LogP contribution >= 0.6 is 0 Å². The van der Waals surface area contributed by atoms with E-state index in [2.05, 4.69) is 18.9 Å². The van der Waals surface area contributed by atoms with Crippen LogP contribution in [0.4, 0.5) is 4.39 Å². The zero-order valence-corrected chi connectivity index (χ0v) is 18.6. The normalized spacial score (nSPS) is 14.2. The largest absolute Gasteiger partial charge is 0.335 e. The molecule has 0 atom stereocenters. The van der Waals surface area contributed by atoms with Gasteiger partial charge >= 0.3 is 0 Å². The van der Waals surface area contributed by atoms with Gasteiger partial charge in [-0.1, -0.05) is 26.0 Å². The highest BCUT2D eigenvalue weighted by Crippen LogP contribution is 2.19. The summed E-state index contributed by atoms with van der Waals surface area (Å²) in [5.74, 6) is -0.0142. The van der Waals surface area contributed by atoms with Crippen LogP contribution in [-0.2, 0) is 0 Å². The van der Waals surface area contributed by atoms with Crippen LogP contribution in [0.2, 0.25) is 0 Å². The Morgan fingerprint density at radius 1 is 0.875 bits per heavy atom. The van der Waals surface area contributed by atoms with Crippen molar-refractivity contribution in [3.8, 4) is 5.69 Å². The summed E-state index contributed by atoms with van der Waals surface area (Å²) in [4.78, 5) is 29.5. The Labute approximate surface area is 187 Å². The van der Waals surface area contributed by atoms with Gasteiger partial charge in [0.15, 0.2) is 0 Å². The van der Waals surface area contributed by atoms with E-state index in [0.29, 0.717) is 54.6 Å². The molecule has 0 aliphatic carbocycles. The summed E-state index contributed by atoms with van der Waals surface area (Å²) in [5, 5.41) is 4.32. The molecule has 1 saturated heterocycles. The minimum Gasteiger partial charge on any atom is -0.335 e. The molecule has 0 saturated carbocycles. The maximum absolute atomic E-state index is 13.2. The average Bonchev–Trinajstić information content (AvgIpc) is 3.20. The summed E-state index contributed by atoms with van der Waals surface area (Å²) in [6, 6.07) is 13.7. The highest BCUT2D eigenvalue weighted by molar-refractivity contribution is 5.96. The zero-order chi connectivity index (χ0) is 22.8. The lowest BCUT2D eigenvalue weighted by Gasteiger charge is -2.34. The molecule has 7 heteroatoms. The van der Waals surface area contributed by atoms with Gasteiger partial charge in [-0.15, -0.1) is 0 Å². The number of carbonyl (C=O) groups is 2. The lowest BCUT2D eigenvalue weighted by molar-refractivity contribution is 0.0535. The highest BCUT2D eigenvalue weighted by atomic mass is 19.1. The summed E-state index contributed by atoms with van der Waals surface area (Å²) in [7, 11) is 0. The van der Waals surface area contributed by atoms with E-state index in [9.17, 15) is 14.0 Å². The Kier molecular flexibility index (Phi) is 6.08. The van der Waals surface area contributed by atoms with E-state index in [-0.39, 0.29) is 17.6 Å². The summed E-state index contributed by atoms with van der Waals surface area (Å²) < 4.78 is 14.8. The molecule has 2 aromatic carbocycles. The molecule has 2 amide bonds. The number of halogens is 1. The van der Waals surface area contributed by atoms with Gasteiger partial charge in [0.05, 0.1) is 23.1 Å². The molecule has 1 fully saturated rings. The van der Waals surface area contributed by atoms with Crippen LogP contribution in [0.3, 0.4) is 0 Å². The molecule has 0 radical (unpaired) electrons. The van der Waals surface area contributed by atoms with Crippen molar-refractivity contribution in [1.82, 2.24) is 19.6 Å². The average molecular weight is 435 g/mol. The van der Waals surface area contributed by atoms with Crippen molar-refractivity contribution < 1.29 is 14.0 Å². The lowest BCUT2D eigenvalue weighted by atomic mass is 10.0. The minimum atomic E-state index is -0.321. The molecule has 166 valence electrons. The third-order valence-electron chi connectivity index (χ3n) is 5.99. The number of carbonyl (C=O) groups excluding carboxylic acids is 2. The number of hydrogen-bond acceptors (Lipinski definition) is 3. The Morgan fingerprint density at radius 3 is 2.00 bits per heavy atom. The Hall–Kier alpha value is -3.48. The molecule has 1 aromatic heterocycles. The monoisotopic (exact) mass is 434 g/mol. The third-order valence-corrected chi connectivity index (χ3v) is 5.99. The second-order valence-corrected chi connectivity index (χ2v) is 8.39. The van der Waals surface area contributed by atoms with Gasteiger partial charge in [-0.2, -0.15) is 5.10 Å². The van der Waals surface area contributed by atoms with Crippen molar-refractivity contribution in [2.45, 2.75) is 26.7 Å². The first-order chi connectivity index (χ1) is 15.3. The fraction of sp³-hybridized carbons (Fsp3) is 0.320. The third kappa shape index (κ3) is 4.28. The first-order valence-electron chi connectivity index (χ1n) is 10.8. The zero-order valence-electron chi connectivity index (χ0n) is 18.6. The van der Waals surface area contributed by atoms with Crippen molar-refractivity contribution >= 4 is 11.8 Å². The molecular weight excluding hydrogens is 407 g/mol. The molecule has 6 nitrogen and oxygen atoms in total. The molecule has 4 rings (SSSR count). The first kappa shape index (κ1) is 21.7. The van der Waals surface area contributed by atoms with Gasteiger partial charge in [-0.05, 0) is 54.8 Å². The fourth-order valence-corrected chi connectivity index (χ4v) is 3.94. The van der Waals surface area contributed by atoms with Crippen LogP contribution in [0.5, 0.6) is 0 Å². The summed E-state index contributed by atoms with van der Waals surface area (Å²) in [5.41, 5.74) is 3.78. The molecule has 0 unspecified atom stereocenters. The first-order valence-corrected chi connectivity index (χ1v) is 10.8. The van der Waals surface area contributed by atoms with E-state index in [1.807, 2.05) is 31.2 Å². The number of amides is 2. The van der Waals surface area contributed by atoms with Gasteiger partial charge in [-0.3, -0.25) is 9.59 Å². The van der Waals surface area contributed by atoms with Crippen molar-refractivity contribution in [3.63, 3.8) is 0 Å². The summed E-state index contributed by atoms with van der Waals surface area (Å²) >= 11 is 0. The predicted octanol–water partition coefficient (Wildman–Crippen LogP) is 4.04. The quantitative estimate of drug-likeness (QED) is 0.623. The number of nitrogens with zero attached hydrogens (tertiary/aromatic N) is 4. The molecule has 2 heterocycles. The van der Waals surface area contributed by atoms with Crippen molar-refractivity contribution in [1.29, 1.82) is 0 Å². The van der Waals surface area contributed by atoms with E-state index in [4.69, 9.17) is 0 Å². The van der Waals surface area contributed by atoms with Gasteiger partial charge in [0.2, 0.25) is 0 Å². The van der Waals surface area contributed by atoms with E-state index in [0.717, 1.165) is 0 Å². The molecule has 0 spiro atoms. The van der Waals surface area contributed by atoms with E-state index in [1.54, 1.807) is 32.8 Å². The topological polar surface area (TPSA) is 58.4 Å². The van der Waals surface area contributed by atoms with Crippen LogP contribution in [0.1, 0.15) is 51.7 Å². The maximum Gasteiger partial charge on any atom is 0.257 e. The van der Waals surface area contributed by atoms with Gasteiger partial charge in [0, 0.05) is 31.7 Å². The van der Waals surface area contributed by atoms with Crippen molar-refractivity contribution in [2.24, 2.45) is 0 Å². The van der Waals surface area contributed by atoms with Crippen LogP contribution in [0, 0.1) is 12.7 Å². The Morgan fingerprint density at radius 2 is 1.44 bits per heavy atom. The molecular formula is C25H27FN4O2. The minimum absolute atomic E-state index is 0.00675. The number of benzene rings is 2. The molecule has 32 heavy (non-hydrogen) atoms. The van der Waals surface area contributed by atoms with Crippen molar-refractivity contribution in [2.75, 3.05) is 26.2 Å². The standard InChI is InChI=1S/C25H27FN4O2/c1-17(2)19-4-6-20(7-5-19)24(31)28-12-14-29(15-13-28)25(32)23-16-27-30(18(23)3)22-10-8-21(26)9-11-22/h4-11,16-17H,12-15H2,1-3H3. The van der Waals surface area contributed by atoms with Gasteiger partial charge < -0.3 is 9.80 Å². The van der Waals surface area contributed by atoms with Crippen molar-refractivity contribution in [3.05, 3.63) is 82.9 Å². The number of aromatic nitrogens is 2. The maximum atomic E-state index is 13.2. The summed E-state index contributed by atoms with van der Waals surface area (Å²) in [6.07, 6.45) is 1.55. The van der Waals surface area contributed by atoms with Gasteiger partial charge in [0.25, 0.3) is 11.8 Å². The molecule has 1 aliphatic heterocycles. The Bertz CT molecular complexity index is 1110. The second-order valence-electron chi connectivity index (χ2n) is 8.39. The second kappa shape index (κ2) is 8.94. The molecule has 3 aromatic rings. The van der Waals surface area contributed by atoms with E-state index >= 15 is 0 Å². The molecule has 0 bridgehead atoms. The smallest absolute Gasteiger partial charge is 0.257 e. The lowest BCUT2D eigenvalue weighted by Crippen LogP contribution is -2.50. The van der Waals surface area contributed by atoms with Crippen LogP contribution < -0.4 is 0 Å². The highest BCUT2D eigenvalue weighted by Gasteiger charge is 2.27. The van der Waals surface area contributed by atoms with Crippen LogP contribution in [0.25, 0.3) is 5.69 Å². The van der Waals surface area contributed by atoms with Crippen LogP contribution in [0.15, 0.2) is 54.7 Å². The number of piperazine rings is 1. The summed E-state index contributed by atoms with van der Waals surface area (Å²) in [6.45, 7) is 7.98. The SMILES string of the molecule is Cc1c(C(=O)N2CCN(C(=O)c3ccc(C(C)C)cc3)CC2)cnn1-c1ccc(F)cc1. The molecule has 0 N–H and O–H groups in total.